The highest BCUT2D eigenvalue weighted by atomic mass is 16.2. The maximum atomic E-state index is 12.6. The number of hydrogen-bond acceptors (Lipinski definition) is 5. The van der Waals surface area contributed by atoms with E-state index in [1.807, 2.05) is 0 Å². The van der Waals surface area contributed by atoms with Crippen LogP contribution in [0.4, 0.5) is 0 Å². The van der Waals surface area contributed by atoms with Gasteiger partial charge in [0.2, 0.25) is 17.7 Å². The molecule has 3 fully saturated rings. The second-order valence-corrected chi connectivity index (χ2v) is 8.61. The van der Waals surface area contributed by atoms with Gasteiger partial charge in [0.15, 0.2) is 0 Å². The minimum atomic E-state index is -0.166. The van der Waals surface area contributed by atoms with E-state index in [2.05, 4.69) is 10.4 Å². The molecular formula is C21H29N5O4. The van der Waals surface area contributed by atoms with Crippen LogP contribution < -0.4 is 5.32 Å². The molecule has 1 saturated carbocycles. The molecule has 4 amide bonds. The molecule has 1 aliphatic carbocycles. The van der Waals surface area contributed by atoms with Crippen molar-refractivity contribution in [1.29, 1.82) is 0 Å². The van der Waals surface area contributed by atoms with Gasteiger partial charge < -0.3 is 10.2 Å². The molecule has 0 radical (unpaired) electrons. The van der Waals surface area contributed by atoms with Crippen molar-refractivity contribution in [2.24, 2.45) is 18.9 Å². The summed E-state index contributed by atoms with van der Waals surface area (Å²) in [4.78, 5) is 53.0. The van der Waals surface area contributed by atoms with Crippen molar-refractivity contribution in [3.8, 4) is 0 Å². The van der Waals surface area contributed by atoms with Gasteiger partial charge in [0, 0.05) is 45.3 Å². The van der Waals surface area contributed by atoms with Crippen LogP contribution in [0, 0.1) is 11.8 Å². The van der Waals surface area contributed by atoms with Crippen LogP contribution in [0.5, 0.6) is 0 Å². The molecule has 9 nitrogen and oxygen atoms in total. The summed E-state index contributed by atoms with van der Waals surface area (Å²) >= 11 is 0. The largest absolute Gasteiger partial charge is 0.349 e. The van der Waals surface area contributed by atoms with Gasteiger partial charge in [0.05, 0.1) is 23.6 Å². The van der Waals surface area contributed by atoms with E-state index < -0.39 is 0 Å². The van der Waals surface area contributed by atoms with Crippen LogP contribution in [-0.2, 0) is 21.4 Å². The highest BCUT2D eigenvalue weighted by Gasteiger charge is 2.47. The molecule has 1 aromatic rings. The highest BCUT2D eigenvalue weighted by molar-refractivity contribution is 6.05. The number of nitrogens with one attached hydrogen (secondary N) is 1. The number of imide groups is 1. The Balaban J connectivity index is 1.22. The third-order valence-corrected chi connectivity index (χ3v) is 6.63. The van der Waals surface area contributed by atoms with Crippen LogP contribution in [0.15, 0.2) is 12.4 Å². The van der Waals surface area contributed by atoms with Crippen LogP contribution in [0.2, 0.25) is 0 Å². The summed E-state index contributed by atoms with van der Waals surface area (Å²) in [5.41, 5.74) is 0.525. The predicted molar refractivity (Wildman–Crippen MR) is 107 cm³/mol. The molecule has 0 unspecified atom stereocenters. The Hall–Kier alpha value is -2.71. The van der Waals surface area contributed by atoms with E-state index in [1.165, 1.54) is 11.1 Å². The van der Waals surface area contributed by atoms with Gasteiger partial charge in [-0.25, -0.2) is 0 Å². The molecule has 2 aliphatic heterocycles. The lowest BCUT2D eigenvalue weighted by Crippen LogP contribution is -2.47. The molecule has 162 valence electrons. The molecule has 9 heteroatoms. The van der Waals surface area contributed by atoms with Gasteiger partial charge in [0.25, 0.3) is 5.91 Å². The van der Waals surface area contributed by atoms with E-state index in [-0.39, 0.29) is 54.5 Å². The van der Waals surface area contributed by atoms with Gasteiger partial charge in [0.1, 0.15) is 0 Å². The lowest BCUT2D eigenvalue weighted by atomic mass is 9.81. The molecule has 30 heavy (non-hydrogen) atoms. The van der Waals surface area contributed by atoms with Gasteiger partial charge in [-0.15, -0.1) is 0 Å². The third kappa shape index (κ3) is 4.11. The molecule has 0 aromatic carbocycles. The molecule has 2 atom stereocenters. The van der Waals surface area contributed by atoms with Crippen molar-refractivity contribution < 1.29 is 19.2 Å². The first-order valence-electron chi connectivity index (χ1n) is 10.9. The quantitative estimate of drug-likeness (QED) is 0.713. The van der Waals surface area contributed by atoms with Crippen LogP contribution in [0.3, 0.4) is 0 Å². The van der Waals surface area contributed by atoms with E-state index in [4.69, 9.17) is 0 Å². The second kappa shape index (κ2) is 8.57. The smallest absolute Gasteiger partial charge is 0.254 e. The Labute approximate surface area is 175 Å². The molecule has 1 aromatic heterocycles. The zero-order valence-electron chi connectivity index (χ0n) is 17.4. The van der Waals surface area contributed by atoms with Crippen molar-refractivity contribution in [2.75, 3.05) is 19.6 Å². The normalized spacial score (nSPS) is 24.8. The molecule has 0 bridgehead atoms. The molecular weight excluding hydrogens is 386 g/mol. The van der Waals surface area contributed by atoms with Crippen LogP contribution >= 0.6 is 0 Å². The minimum Gasteiger partial charge on any atom is -0.349 e. The number of aromatic nitrogens is 2. The van der Waals surface area contributed by atoms with Crippen molar-refractivity contribution in [1.82, 2.24) is 24.9 Å². The van der Waals surface area contributed by atoms with E-state index in [1.54, 1.807) is 22.8 Å². The Bertz CT molecular complexity index is 818. The number of hydrogen-bond donors (Lipinski definition) is 1. The number of amides is 4. The Morgan fingerprint density at radius 1 is 1.07 bits per heavy atom. The van der Waals surface area contributed by atoms with Gasteiger partial charge in [-0.2, -0.15) is 5.10 Å². The van der Waals surface area contributed by atoms with Crippen LogP contribution in [-0.4, -0.2) is 68.9 Å². The number of nitrogens with zero attached hydrogens (tertiary/aromatic N) is 4. The third-order valence-electron chi connectivity index (χ3n) is 6.63. The Morgan fingerprint density at radius 3 is 2.27 bits per heavy atom. The highest BCUT2D eigenvalue weighted by Crippen LogP contribution is 2.38. The minimum absolute atomic E-state index is 0.0200. The number of fused-ring (bicyclic) bond motifs is 1. The zero-order valence-corrected chi connectivity index (χ0v) is 17.4. The van der Waals surface area contributed by atoms with Crippen molar-refractivity contribution >= 4 is 23.6 Å². The molecule has 3 heterocycles. The summed E-state index contributed by atoms with van der Waals surface area (Å²) in [6.45, 7) is 1.30. The zero-order chi connectivity index (χ0) is 21.3. The van der Waals surface area contributed by atoms with E-state index in [0.717, 1.165) is 25.7 Å². The van der Waals surface area contributed by atoms with E-state index >= 15 is 0 Å². The van der Waals surface area contributed by atoms with Crippen molar-refractivity contribution in [3.63, 3.8) is 0 Å². The van der Waals surface area contributed by atoms with Gasteiger partial charge >= 0.3 is 0 Å². The lowest BCUT2D eigenvalue weighted by Gasteiger charge is -2.32. The van der Waals surface area contributed by atoms with Crippen LogP contribution in [0.1, 0.15) is 55.3 Å². The lowest BCUT2D eigenvalue weighted by molar-refractivity contribution is -0.141. The summed E-state index contributed by atoms with van der Waals surface area (Å²) in [5, 5.41) is 7.00. The summed E-state index contributed by atoms with van der Waals surface area (Å²) in [6, 6.07) is 0.0200. The predicted octanol–water partition coefficient (Wildman–Crippen LogP) is 0.706. The fraction of sp³-hybridized carbons (Fsp3) is 0.667. The SMILES string of the molecule is Cn1cc(C(=O)NC2CCN(C(=O)CCN3C(=O)[C@H]4CCCC[C@H]4C3=O)CC2)cn1. The fourth-order valence-electron chi connectivity index (χ4n) is 4.90. The maximum absolute atomic E-state index is 12.6. The first-order valence-corrected chi connectivity index (χ1v) is 10.9. The van der Waals surface area contributed by atoms with Gasteiger partial charge in [-0.3, -0.25) is 28.8 Å². The fourth-order valence-corrected chi connectivity index (χ4v) is 4.90. The van der Waals surface area contributed by atoms with Gasteiger partial charge in [-0.05, 0) is 25.7 Å². The van der Waals surface area contributed by atoms with Gasteiger partial charge in [-0.1, -0.05) is 12.8 Å². The van der Waals surface area contributed by atoms with E-state index in [0.29, 0.717) is 31.5 Å². The summed E-state index contributed by atoms with van der Waals surface area (Å²) in [5.74, 6) is -0.701. The molecule has 1 N–H and O–H groups in total. The summed E-state index contributed by atoms with van der Waals surface area (Å²) < 4.78 is 1.58. The summed E-state index contributed by atoms with van der Waals surface area (Å²) in [6.07, 6.45) is 8.32. The first kappa shape index (κ1) is 20.6. The molecule has 3 aliphatic rings. The number of likely N-dealkylation sites (tertiary alicyclic amines) is 2. The first-order chi connectivity index (χ1) is 14.4. The van der Waals surface area contributed by atoms with E-state index in [9.17, 15) is 19.2 Å². The number of carbonyl (C=O) groups excluding carboxylic acids is 4. The number of carbonyl (C=O) groups is 4. The van der Waals surface area contributed by atoms with Crippen molar-refractivity contribution in [3.05, 3.63) is 18.0 Å². The standard InChI is InChI=1S/C21H29N5O4/c1-24-13-14(12-22-24)19(28)23-15-6-9-25(10-7-15)18(27)8-11-26-20(29)16-4-2-3-5-17(16)21(26)30/h12-13,15-17H,2-11H2,1H3,(H,23,28)/t16-,17+. The maximum Gasteiger partial charge on any atom is 0.254 e. The number of piperidine rings is 1. The topological polar surface area (TPSA) is 105 Å². The number of rotatable bonds is 5. The monoisotopic (exact) mass is 415 g/mol. The Kier molecular flexibility index (Phi) is 5.87. The summed E-state index contributed by atoms with van der Waals surface area (Å²) in [7, 11) is 1.76. The Morgan fingerprint density at radius 2 is 1.70 bits per heavy atom. The average Bonchev–Trinajstić information content (AvgIpc) is 3.29. The average molecular weight is 415 g/mol. The second-order valence-electron chi connectivity index (χ2n) is 8.61. The molecule has 2 saturated heterocycles. The number of aryl methyl sites for hydroxylation is 1. The van der Waals surface area contributed by atoms with Crippen molar-refractivity contribution in [2.45, 2.75) is 51.0 Å². The van der Waals surface area contributed by atoms with Crippen LogP contribution in [0.25, 0.3) is 0 Å². The molecule has 0 spiro atoms. The molecule has 4 rings (SSSR count).